The van der Waals surface area contributed by atoms with Crippen molar-refractivity contribution >= 4 is 17.7 Å². The fourth-order valence-electron chi connectivity index (χ4n) is 2.12. The minimum absolute atomic E-state index is 0.156. The molecule has 5 nitrogen and oxygen atoms in total. The van der Waals surface area contributed by atoms with E-state index < -0.39 is 17.7 Å². The molecule has 7 heteroatoms. The number of rotatable bonds is 4. The Kier molecular flexibility index (Phi) is 4.79. The largest absolute Gasteiger partial charge is 0.497 e. The summed E-state index contributed by atoms with van der Waals surface area (Å²) in [7, 11) is -7.65. The van der Waals surface area contributed by atoms with Crippen LogP contribution in [0.2, 0.25) is 0 Å². The molecule has 0 saturated heterocycles. The molecule has 0 atom stereocenters. The molecule has 2 aromatic rings. The van der Waals surface area contributed by atoms with Crippen LogP contribution >= 0.6 is 0 Å². The number of hydrogen-bond acceptors (Lipinski definition) is 5. The van der Waals surface area contributed by atoms with E-state index in [0.717, 1.165) is 5.56 Å². The van der Waals surface area contributed by atoms with Gasteiger partial charge in [-0.05, 0) is 47.4 Å². The summed E-state index contributed by atoms with van der Waals surface area (Å²) < 4.78 is 55.1. The van der Waals surface area contributed by atoms with Crippen LogP contribution in [0.1, 0.15) is 26.3 Å². The summed E-state index contributed by atoms with van der Waals surface area (Å²) in [4.78, 5) is -0.533. The first-order valence-electron chi connectivity index (χ1n) is 7.25. The maximum absolute atomic E-state index is 12.6. The second-order valence-corrected chi connectivity index (χ2v) is 11.8. The van der Waals surface area contributed by atoms with Crippen molar-refractivity contribution < 1.29 is 21.6 Å². The van der Waals surface area contributed by atoms with E-state index in [1.807, 2.05) is 20.8 Å². The molecule has 0 unspecified atom stereocenters. The van der Waals surface area contributed by atoms with Crippen LogP contribution in [0.15, 0.2) is 58.3 Å². The van der Waals surface area contributed by atoms with Crippen molar-refractivity contribution in [3.05, 3.63) is 54.1 Å². The molecule has 0 N–H and O–H groups in total. The molecule has 24 heavy (non-hydrogen) atoms. The van der Waals surface area contributed by atoms with Gasteiger partial charge in [-0.1, -0.05) is 32.9 Å². The van der Waals surface area contributed by atoms with Gasteiger partial charge in [-0.25, -0.2) is 16.8 Å². The van der Waals surface area contributed by atoms with Crippen LogP contribution in [0.4, 0.5) is 0 Å². The van der Waals surface area contributed by atoms with Crippen molar-refractivity contribution in [1.82, 2.24) is 0 Å². The van der Waals surface area contributed by atoms with Gasteiger partial charge in [-0.3, -0.25) is 0 Å². The average molecular weight is 368 g/mol. The van der Waals surface area contributed by atoms with E-state index in [0.29, 0.717) is 5.75 Å². The van der Waals surface area contributed by atoms with Gasteiger partial charge in [-0.15, -0.1) is 0 Å². The summed E-state index contributed by atoms with van der Waals surface area (Å²) in [5, 5.41) is 0. The third-order valence-electron chi connectivity index (χ3n) is 3.65. The molecule has 0 spiro atoms. The van der Waals surface area contributed by atoms with Gasteiger partial charge in [-0.2, -0.15) is 0 Å². The first-order valence-corrected chi connectivity index (χ1v) is 10.7. The van der Waals surface area contributed by atoms with Crippen molar-refractivity contribution in [3.8, 4) is 5.75 Å². The Morgan fingerprint density at radius 1 is 0.708 bits per heavy atom. The molecule has 0 fully saturated rings. The van der Waals surface area contributed by atoms with Gasteiger partial charge in [0.15, 0.2) is 0 Å². The summed E-state index contributed by atoms with van der Waals surface area (Å²) in [5.41, 5.74) is 0.764. The lowest BCUT2D eigenvalue weighted by atomic mass is 9.87. The summed E-state index contributed by atoms with van der Waals surface area (Å²) in [5.74, 6) is 0.445. The fourth-order valence-corrected chi connectivity index (χ4v) is 5.75. The number of hydrogen-bond donors (Lipinski definition) is 0. The van der Waals surface area contributed by atoms with Gasteiger partial charge in [0.05, 0.1) is 16.9 Å². The maximum Gasteiger partial charge on any atom is 0.286 e. The van der Waals surface area contributed by atoms with Crippen molar-refractivity contribution in [2.45, 2.75) is 36.0 Å². The van der Waals surface area contributed by atoms with E-state index in [9.17, 15) is 16.8 Å². The molecule has 0 aliphatic heterocycles. The van der Waals surface area contributed by atoms with Crippen LogP contribution in [-0.2, 0) is 23.2 Å². The monoisotopic (exact) mass is 368 g/mol. The van der Waals surface area contributed by atoms with Gasteiger partial charge < -0.3 is 4.74 Å². The van der Waals surface area contributed by atoms with Crippen molar-refractivity contribution in [3.63, 3.8) is 0 Å². The molecule has 0 aromatic heterocycles. The molecule has 2 rings (SSSR count). The lowest BCUT2D eigenvalue weighted by Gasteiger charge is -2.19. The Bertz CT molecular complexity index is 918. The lowest BCUT2D eigenvalue weighted by Crippen LogP contribution is -2.17. The van der Waals surface area contributed by atoms with E-state index in [2.05, 4.69) is 0 Å². The summed E-state index contributed by atoms with van der Waals surface area (Å²) in [6.07, 6.45) is 0. The Balaban J connectivity index is 2.48. The number of ether oxygens (including phenoxy) is 1. The van der Waals surface area contributed by atoms with E-state index in [1.165, 1.54) is 43.5 Å². The number of benzene rings is 2. The quantitative estimate of drug-likeness (QED) is 0.775. The van der Waals surface area contributed by atoms with Crippen LogP contribution < -0.4 is 4.74 Å². The lowest BCUT2D eigenvalue weighted by molar-refractivity contribution is 0.414. The third-order valence-corrected chi connectivity index (χ3v) is 8.81. The molecular formula is C17H20O5S2. The highest BCUT2D eigenvalue weighted by Gasteiger charge is 2.34. The molecule has 0 radical (unpaired) electrons. The van der Waals surface area contributed by atoms with Crippen LogP contribution in [0.5, 0.6) is 5.75 Å². The van der Waals surface area contributed by atoms with Crippen molar-refractivity contribution in [1.29, 1.82) is 0 Å². The third kappa shape index (κ3) is 3.32. The van der Waals surface area contributed by atoms with Crippen LogP contribution in [-0.4, -0.2) is 23.9 Å². The topological polar surface area (TPSA) is 77.5 Å². The minimum atomic E-state index is -4.55. The van der Waals surface area contributed by atoms with Crippen LogP contribution in [0.3, 0.4) is 0 Å². The Morgan fingerprint density at radius 2 is 1.08 bits per heavy atom. The summed E-state index contributed by atoms with van der Waals surface area (Å²) >= 11 is 0. The first kappa shape index (κ1) is 18.5. The Morgan fingerprint density at radius 3 is 1.42 bits per heavy atom. The molecule has 0 saturated carbocycles. The fraction of sp³-hybridized carbons (Fsp3) is 0.294. The SMILES string of the molecule is COc1ccc(S(=O)(=O)S(=O)(=O)c2ccc(C(C)(C)C)cc2)cc1. The van der Waals surface area contributed by atoms with Gasteiger partial charge >= 0.3 is 0 Å². The summed E-state index contributed by atoms with van der Waals surface area (Å²) in [6.45, 7) is 5.97. The number of methoxy groups -OCH3 is 1. The van der Waals surface area contributed by atoms with Crippen LogP contribution in [0, 0.1) is 0 Å². The second-order valence-electron chi connectivity index (χ2n) is 6.36. The van der Waals surface area contributed by atoms with E-state index in [4.69, 9.17) is 4.74 Å². The molecule has 2 aromatic carbocycles. The van der Waals surface area contributed by atoms with Gasteiger partial charge in [0, 0.05) is 0 Å². The molecule has 0 heterocycles. The summed E-state index contributed by atoms with van der Waals surface area (Å²) in [6, 6.07) is 11.2. The maximum atomic E-state index is 12.6. The van der Waals surface area contributed by atoms with E-state index in [-0.39, 0.29) is 15.2 Å². The highest BCUT2D eigenvalue weighted by atomic mass is 33.2. The van der Waals surface area contributed by atoms with Gasteiger partial charge in [0.25, 0.3) is 17.7 Å². The predicted octanol–water partition coefficient (Wildman–Crippen LogP) is 3.16. The molecule has 130 valence electrons. The smallest absolute Gasteiger partial charge is 0.286 e. The Labute approximate surface area is 142 Å². The normalized spacial score (nSPS) is 12.8. The standard InChI is InChI=1S/C17H20O5S2/c1-17(2,3)13-5-9-15(10-6-13)23(18,19)24(20,21)16-11-7-14(22-4)8-12-16/h5-12H,1-4H3. The molecule has 0 amide bonds. The van der Waals surface area contributed by atoms with Crippen molar-refractivity contribution in [2.75, 3.05) is 7.11 Å². The van der Waals surface area contributed by atoms with Crippen LogP contribution in [0.25, 0.3) is 0 Å². The molecule has 0 bridgehead atoms. The highest BCUT2D eigenvalue weighted by Crippen LogP contribution is 2.28. The van der Waals surface area contributed by atoms with Crippen molar-refractivity contribution in [2.24, 2.45) is 0 Å². The average Bonchev–Trinajstić information content (AvgIpc) is 2.54. The van der Waals surface area contributed by atoms with Gasteiger partial charge in [0.2, 0.25) is 0 Å². The second kappa shape index (κ2) is 6.22. The van der Waals surface area contributed by atoms with E-state index >= 15 is 0 Å². The molecular weight excluding hydrogens is 348 g/mol. The zero-order valence-electron chi connectivity index (χ0n) is 14.0. The van der Waals surface area contributed by atoms with Gasteiger partial charge in [0.1, 0.15) is 5.75 Å². The zero-order chi connectivity index (χ0) is 18.2. The molecule has 0 aliphatic rings. The zero-order valence-corrected chi connectivity index (χ0v) is 15.6. The van der Waals surface area contributed by atoms with E-state index in [1.54, 1.807) is 12.1 Å². The first-order chi connectivity index (χ1) is 11.0. The predicted molar refractivity (Wildman–Crippen MR) is 92.5 cm³/mol. The Hall–Kier alpha value is -1.86. The minimum Gasteiger partial charge on any atom is -0.497 e. The highest BCUT2D eigenvalue weighted by molar-refractivity contribution is 8.67. The molecule has 0 aliphatic carbocycles.